The van der Waals surface area contributed by atoms with Gasteiger partial charge < -0.3 is 20.1 Å². The van der Waals surface area contributed by atoms with Gasteiger partial charge in [0.15, 0.2) is 0 Å². The van der Waals surface area contributed by atoms with Crippen LogP contribution >= 0.6 is 0 Å². The molecule has 3 N–H and O–H groups in total. The van der Waals surface area contributed by atoms with E-state index >= 15 is 0 Å². The zero-order valence-electron chi connectivity index (χ0n) is 19.4. The highest BCUT2D eigenvalue weighted by Crippen LogP contribution is 2.24. The zero-order chi connectivity index (χ0) is 25.0. The van der Waals surface area contributed by atoms with Crippen LogP contribution in [0, 0.1) is 0 Å². The zero-order valence-corrected chi connectivity index (χ0v) is 19.4. The molecule has 8 heteroatoms. The van der Waals surface area contributed by atoms with Crippen LogP contribution in [0.15, 0.2) is 24.3 Å². The maximum absolute atomic E-state index is 12.0. The minimum atomic E-state index is -1.50. The summed E-state index contributed by atoms with van der Waals surface area (Å²) in [5, 5.41) is 28.4. The van der Waals surface area contributed by atoms with Crippen molar-refractivity contribution in [3.63, 3.8) is 0 Å². The molecule has 1 rings (SSSR count). The fourth-order valence-corrected chi connectivity index (χ4v) is 3.70. The van der Waals surface area contributed by atoms with Crippen molar-refractivity contribution in [3.05, 3.63) is 46.5 Å². The summed E-state index contributed by atoms with van der Waals surface area (Å²) in [4.78, 5) is 46.9. The standard InChI is InChI=1S/C25H34O8/c1-4-5-6-7-8-9-11-17(33-25(32)16(2)3)12-10-13-18-19(22(26)27)14-15-20(23(28)29)21(18)24(30)31/h14-15,17H,2,4-13H2,1,3H3,(H,26,27)(H,28,29)(H,30,31). The second-order valence-electron chi connectivity index (χ2n) is 8.19. The van der Waals surface area contributed by atoms with E-state index in [1.54, 1.807) is 6.92 Å². The topological polar surface area (TPSA) is 138 Å². The first-order valence-electron chi connectivity index (χ1n) is 11.3. The largest absolute Gasteiger partial charge is 0.478 e. The highest BCUT2D eigenvalue weighted by atomic mass is 16.5. The van der Waals surface area contributed by atoms with Crippen molar-refractivity contribution < 1.29 is 39.2 Å². The average Bonchev–Trinajstić information content (AvgIpc) is 2.74. The second-order valence-corrected chi connectivity index (χ2v) is 8.19. The van der Waals surface area contributed by atoms with Gasteiger partial charge in [0.25, 0.3) is 0 Å². The number of carbonyl (C=O) groups excluding carboxylic acids is 1. The van der Waals surface area contributed by atoms with E-state index in [1.807, 2.05) is 0 Å². The molecule has 182 valence electrons. The van der Waals surface area contributed by atoms with E-state index in [0.29, 0.717) is 19.3 Å². The second kappa shape index (κ2) is 14.1. The molecule has 0 aliphatic heterocycles. The normalized spacial score (nSPS) is 11.6. The number of rotatable bonds is 16. The molecule has 0 heterocycles. The fourth-order valence-electron chi connectivity index (χ4n) is 3.70. The highest BCUT2D eigenvalue weighted by Gasteiger charge is 2.25. The van der Waals surface area contributed by atoms with E-state index in [4.69, 9.17) is 4.74 Å². The Bertz CT molecular complexity index is 871. The van der Waals surface area contributed by atoms with E-state index in [0.717, 1.165) is 44.2 Å². The number of benzene rings is 1. The third-order valence-electron chi connectivity index (χ3n) is 5.44. The van der Waals surface area contributed by atoms with Crippen molar-refractivity contribution in [2.45, 2.75) is 84.2 Å². The monoisotopic (exact) mass is 462 g/mol. The van der Waals surface area contributed by atoms with Gasteiger partial charge in [-0.2, -0.15) is 0 Å². The van der Waals surface area contributed by atoms with Gasteiger partial charge in [0, 0.05) is 5.57 Å². The molecule has 1 unspecified atom stereocenters. The van der Waals surface area contributed by atoms with Crippen molar-refractivity contribution in [1.29, 1.82) is 0 Å². The number of hydrogen-bond acceptors (Lipinski definition) is 5. The van der Waals surface area contributed by atoms with Crippen LogP contribution in [0.2, 0.25) is 0 Å². The summed E-state index contributed by atoms with van der Waals surface area (Å²) in [5.74, 6) is -4.78. The van der Waals surface area contributed by atoms with Gasteiger partial charge >= 0.3 is 23.9 Å². The molecule has 0 bridgehead atoms. The number of hydrogen-bond donors (Lipinski definition) is 3. The molecule has 0 aliphatic carbocycles. The summed E-state index contributed by atoms with van der Waals surface area (Å²) in [6.07, 6.45) is 7.44. The number of ether oxygens (including phenoxy) is 1. The molecule has 0 fully saturated rings. The van der Waals surface area contributed by atoms with Crippen LogP contribution < -0.4 is 0 Å². The van der Waals surface area contributed by atoms with Gasteiger partial charge in [-0.25, -0.2) is 19.2 Å². The van der Waals surface area contributed by atoms with Crippen LogP contribution in [-0.2, 0) is 16.0 Å². The van der Waals surface area contributed by atoms with E-state index in [1.165, 1.54) is 6.42 Å². The van der Waals surface area contributed by atoms with Crippen molar-refractivity contribution in [1.82, 2.24) is 0 Å². The summed E-state index contributed by atoms with van der Waals surface area (Å²) in [6.45, 7) is 7.29. The Kier molecular flexibility index (Phi) is 11.9. The molecular weight excluding hydrogens is 428 g/mol. The Morgan fingerprint density at radius 3 is 1.94 bits per heavy atom. The number of esters is 1. The van der Waals surface area contributed by atoms with E-state index in [2.05, 4.69) is 13.5 Å². The van der Waals surface area contributed by atoms with Crippen LogP contribution in [0.5, 0.6) is 0 Å². The summed E-state index contributed by atoms with van der Waals surface area (Å²) in [7, 11) is 0. The summed E-state index contributed by atoms with van der Waals surface area (Å²) in [5.41, 5.74) is -0.990. The predicted molar refractivity (Wildman–Crippen MR) is 123 cm³/mol. The summed E-state index contributed by atoms with van der Waals surface area (Å²) in [6, 6.07) is 2.11. The van der Waals surface area contributed by atoms with Crippen LogP contribution in [0.3, 0.4) is 0 Å². The lowest BCUT2D eigenvalue weighted by molar-refractivity contribution is -0.145. The molecule has 8 nitrogen and oxygen atoms in total. The molecule has 0 aromatic heterocycles. The maximum atomic E-state index is 12.0. The van der Waals surface area contributed by atoms with E-state index in [-0.39, 0.29) is 23.1 Å². The lowest BCUT2D eigenvalue weighted by atomic mass is 9.91. The Labute approximate surface area is 194 Å². The SMILES string of the molecule is C=C(C)C(=O)OC(CCCCCCCC)CCCc1c(C(=O)O)ccc(C(=O)O)c1C(=O)O. The van der Waals surface area contributed by atoms with Gasteiger partial charge in [-0.05, 0) is 56.7 Å². The minimum Gasteiger partial charge on any atom is -0.478 e. The molecular formula is C25H34O8. The first kappa shape index (κ1) is 27.9. The molecule has 33 heavy (non-hydrogen) atoms. The number of aromatic carboxylic acids is 3. The molecule has 0 saturated carbocycles. The van der Waals surface area contributed by atoms with Crippen LogP contribution in [-0.4, -0.2) is 45.3 Å². The number of carboxylic acids is 3. The Balaban J connectivity index is 2.96. The summed E-state index contributed by atoms with van der Waals surface area (Å²) < 4.78 is 5.53. The maximum Gasteiger partial charge on any atom is 0.336 e. The van der Waals surface area contributed by atoms with Gasteiger partial charge in [0.05, 0.1) is 16.7 Å². The van der Waals surface area contributed by atoms with E-state index in [9.17, 15) is 34.5 Å². The molecule has 0 aliphatic rings. The quantitative estimate of drug-likeness (QED) is 0.170. The lowest BCUT2D eigenvalue weighted by Gasteiger charge is -2.19. The Morgan fingerprint density at radius 1 is 0.848 bits per heavy atom. The molecule has 0 amide bonds. The van der Waals surface area contributed by atoms with Gasteiger partial charge in [-0.1, -0.05) is 45.6 Å². The third-order valence-corrected chi connectivity index (χ3v) is 5.44. The van der Waals surface area contributed by atoms with Crippen LogP contribution in [0.1, 0.15) is 108 Å². The smallest absolute Gasteiger partial charge is 0.336 e. The number of carbonyl (C=O) groups is 4. The van der Waals surface area contributed by atoms with Crippen molar-refractivity contribution >= 4 is 23.9 Å². The molecule has 1 aromatic carbocycles. The Hall–Kier alpha value is -3.16. The first-order valence-corrected chi connectivity index (χ1v) is 11.3. The molecule has 0 radical (unpaired) electrons. The average molecular weight is 463 g/mol. The van der Waals surface area contributed by atoms with Crippen molar-refractivity contribution in [3.8, 4) is 0 Å². The Morgan fingerprint density at radius 2 is 1.39 bits per heavy atom. The highest BCUT2D eigenvalue weighted by molar-refractivity contribution is 6.05. The minimum absolute atomic E-state index is 0.0298. The van der Waals surface area contributed by atoms with Crippen molar-refractivity contribution in [2.75, 3.05) is 0 Å². The molecule has 0 saturated heterocycles. The first-order chi connectivity index (χ1) is 15.6. The number of unbranched alkanes of at least 4 members (excludes halogenated alkanes) is 5. The molecule has 0 spiro atoms. The van der Waals surface area contributed by atoms with Gasteiger partial charge in [0.2, 0.25) is 0 Å². The van der Waals surface area contributed by atoms with Gasteiger partial charge in [-0.3, -0.25) is 0 Å². The van der Waals surface area contributed by atoms with Gasteiger partial charge in [-0.15, -0.1) is 0 Å². The van der Waals surface area contributed by atoms with Crippen LogP contribution in [0.25, 0.3) is 0 Å². The molecule has 1 aromatic rings. The van der Waals surface area contributed by atoms with Crippen molar-refractivity contribution in [2.24, 2.45) is 0 Å². The van der Waals surface area contributed by atoms with Crippen LogP contribution in [0.4, 0.5) is 0 Å². The lowest BCUT2D eigenvalue weighted by Crippen LogP contribution is -2.20. The fraction of sp³-hybridized carbons (Fsp3) is 0.520. The number of carboxylic acid groups (broad SMARTS) is 3. The third kappa shape index (κ3) is 9.08. The summed E-state index contributed by atoms with van der Waals surface area (Å²) >= 11 is 0. The predicted octanol–water partition coefficient (Wildman–Crippen LogP) is 5.34. The van der Waals surface area contributed by atoms with Gasteiger partial charge in [0.1, 0.15) is 6.10 Å². The molecule has 1 atom stereocenters. The van der Waals surface area contributed by atoms with E-state index < -0.39 is 41.1 Å².